The molecule has 3 rings (SSSR count). The predicted octanol–water partition coefficient (Wildman–Crippen LogP) is 2.08. The normalized spacial score (nSPS) is 19.9. The lowest BCUT2D eigenvalue weighted by Crippen LogP contribution is -2.43. The minimum absolute atomic E-state index is 0.0469. The Balaban J connectivity index is 1.56. The fraction of sp³-hybridized carbons (Fsp3) is 0.667. The van der Waals surface area contributed by atoms with Crippen LogP contribution in [0.4, 0.5) is 9.93 Å². The molecule has 0 unspecified atom stereocenters. The number of carbonyl (C=O) groups excluding carboxylic acids is 1. The van der Waals surface area contributed by atoms with E-state index in [1.54, 1.807) is 0 Å². The van der Waals surface area contributed by atoms with Crippen LogP contribution < -0.4 is 11.1 Å². The molecule has 1 fully saturated rings. The maximum absolute atomic E-state index is 12.1. The highest BCUT2D eigenvalue weighted by Crippen LogP contribution is 2.29. The number of anilines is 1. The van der Waals surface area contributed by atoms with E-state index in [0.717, 1.165) is 23.4 Å². The number of nitrogen functional groups attached to an aromatic ring is 1. The average Bonchev–Trinajstić information content (AvgIpc) is 2.87. The fourth-order valence-corrected chi connectivity index (χ4v) is 3.57. The van der Waals surface area contributed by atoms with Crippen molar-refractivity contribution in [3.05, 3.63) is 10.6 Å². The van der Waals surface area contributed by atoms with Crippen LogP contribution in [0.5, 0.6) is 0 Å². The van der Waals surface area contributed by atoms with Gasteiger partial charge in [-0.25, -0.2) is 9.78 Å². The van der Waals surface area contributed by atoms with Gasteiger partial charge in [-0.1, -0.05) is 19.3 Å². The van der Waals surface area contributed by atoms with Gasteiger partial charge >= 0.3 is 6.03 Å². The minimum Gasteiger partial charge on any atom is -0.375 e. The first-order valence-electron chi connectivity index (χ1n) is 6.52. The average molecular weight is 266 g/mol. The van der Waals surface area contributed by atoms with Gasteiger partial charge in [0.25, 0.3) is 0 Å². The second kappa shape index (κ2) is 4.76. The topological polar surface area (TPSA) is 71.2 Å². The number of hydrogen-bond acceptors (Lipinski definition) is 4. The maximum Gasteiger partial charge on any atom is 0.318 e. The summed E-state index contributed by atoms with van der Waals surface area (Å²) in [6.45, 7) is 1.25. The zero-order valence-electron chi connectivity index (χ0n) is 10.3. The Morgan fingerprint density at radius 3 is 2.83 bits per heavy atom. The number of urea groups is 1. The van der Waals surface area contributed by atoms with Crippen molar-refractivity contribution in [2.45, 2.75) is 51.2 Å². The van der Waals surface area contributed by atoms with E-state index in [4.69, 9.17) is 5.73 Å². The third kappa shape index (κ3) is 2.29. The number of fused-ring (bicyclic) bond motifs is 1. The van der Waals surface area contributed by atoms with Crippen LogP contribution in [0.1, 0.15) is 42.7 Å². The summed E-state index contributed by atoms with van der Waals surface area (Å²) < 4.78 is 0. The van der Waals surface area contributed by atoms with Crippen LogP contribution in [0, 0.1) is 0 Å². The molecule has 0 aromatic carbocycles. The first kappa shape index (κ1) is 11.8. The number of aromatic nitrogens is 1. The van der Waals surface area contributed by atoms with Gasteiger partial charge in [0.15, 0.2) is 5.13 Å². The molecule has 98 valence electrons. The molecule has 6 heteroatoms. The Kier molecular flexibility index (Phi) is 3.11. The molecular weight excluding hydrogens is 248 g/mol. The monoisotopic (exact) mass is 266 g/mol. The summed E-state index contributed by atoms with van der Waals surface area (Å²) in [6, 6.07) is 0.411. The number of rotatable bonds is 1. The molecule has 2 aliphatic rings. The molecule has 18 heavy (non-hydrogen) atoms. The van der Waals surface area contributed by atoms with Crippen molar-refractivity contribution in [3.8, 4) is 0 Å². The van der Waals surface area contributed by atoms with Crippen LogP contribution in [0.25, 0.3) is 0 Å². The minimum atomic E-state index is 0.0469. The van der Waals surface area contributed by atoms with Gasteiger partial charge in [-0.05, 0) is 12.8 Å². The van der Waals surface area contributed by atoms with Crippen LogP contribution in [-0.4, -0.2) is 22.0 Å². The molecule has 5 nitrogen and oxygen atoms in total. The van der Waals surface area contributed by atoms with Gasteiger partial charge < -0.3 is 16.0 Å². The van der Waals surface area contributed by atoms with E-state index < -0.39 is 0 Å². The molecule has 1 aromatic heterocycles. The molecule has 0 radical (unpaired) electrons. The van der Waals surface area contributed by atoms with Crippen molar-refractivity contribution in [1.29, 1.82) is 0 Å². The largest absolute Gasteiger partial charge is 0.375 e. The Labute approximate surface area is 110 Å². The highest BCUT2D eigenvalue weighted by molar-refractivity contribution is 7.15. The number of nitrogens with two attached hydrogens (primary N) is 1. The third-order valence-electron chi connectivity index (χ3n) is 3.69. The zero-order chi connectivity index (χ0) is 12.5. The first-order valence-corrected chi connectivity index (χ1v) is 7.33. The standard InChI is InChI=1S/C12H18N4OS/c13-11-15-9-6-16(7-10(9)18-11)12(17)14-8-4-2-1-3-5-8/h8H,1-7H2,(H2,13,15)(H,14,17). The highest BCUT2D eigenvalue weighted by atomic mass is 32.1. The van der Waals surface area contributed by atoms with Crippen LogP contribution >= 0.6 is 11.3 Å². The van der Waals surface area contributed by atoms with E-state index in [1.165, 1.54) is 30.6 Å². The fourth-order valence-electron chi connectivity index (χ4n) is 2.72. The van der Waals surface area contributed by atoms with E-state index in [9.17, 15) is 4.79 Å². The third-order valence-corrected chi connectivity index (χ3v) is 4.60. The number of amides is 2. The van der Waals surface area contributed by atoms with Crippen LogP contribution in [0.15, 0.2) is 0 Å². The summed E-state index contributed by atoms with van der Waals surface area (Å²) in [4.78, 5) is 19.3. The molecule has 3 N–H and O–H groups in total. The first-order chi connectivity index (χ1) is 8.72. The quantitative estimate of drug-likeness (QED) is 0.817. The molecule has 1 saturated carbocycles. The molecular formula is C12H18N4OS. The zero-order valence-corrected chi connectivity index (χ0v) is 11.1. The van der Waals surface area contributed by atoms with Crippen LogP contribution in [0.2, 0.25) is 0 Å². The van der Waals surface area contributed by atoms with Crippen molar-refractivity contribution >= 4 is 22.5 Å². The molecule has 2 heterocycles. The van der Waals surface area contributed by atoms with Crippen molar-refractivity contribution in [2.75, 3.05) is 5.73 Å². The number of thiazole rings is 1. The van der Waals surface area contributed by atoms with Gasteiger partial charge in [-0.3, -0.25) is 0 Å². The summed E-state index contributed by atoms with van der Waals surface area (Å²) in [5.41, 5.74) is 6.62. The SMILES string of the molecule is Nc1nc2c(s1)CN(C(=O)NC1CCCCC1)C2. The van der Waals surface area contributed by atoms with Gasteiger partial charge in [-0.15, -0.1) is 11.3 Å². The van der Waals surface area contributed by atoms with Gasteiger partial charge in [0.05, 0.1) is 23.7 Å². The molecule has 0 spiro atoms. The molecule has 0 bridgehead atoms. The molecule has 1 aromatic rings. The lowest BCUT2D eigenvalue weighted by molar-refractivity contribution is 0.190. The van der Waals surface area contributed by atoms with E-state index >= 15 is 0 Å². The van der Waals surface area contributed by atoms with E-state index in [2.05, 4.69) is 10.3 Å². The van der Waals surface area contributed by atoms with Crippen molar-refractivity contribution in [2.24, 2.45) is 0 Å². The van der Waals surface area contributed by atoms with Crippen molar-refractivity contribution in [1.82, 2.24) is 15.2 Å². The van der Waals surface area contributed by atoms with E-state index in [1.807, 2.05) is 4.90 Å². The van der Waals surface area contributed by atoms with Crippen molar-refractivity contribution < 1.29 is 4.79 Å². The molecule has 1 aliphatic heterocycles. The van der Waals surface area contributed by atoms with Gasteiger partial charge in [0, 0.05) is 6.04 Å². The summed E-state index contributed by atoms with van der Waals surface area (Å²) in [5, 5.41) is 3.74. The second-order valence-corrected chi connectivity index (χ2v) is 6.18. The summed E-state index contributed by atoms with van der Waals surface area (Å²) in [6.07, 6.45) is 6.00. The number of nitrogens with zero attached hydrogens (tertiary/aromatic N) is 2. The smallest absolute Gasteiger partial charge is 0.318 e. The number of hydrogen-bond donors (Lipinski definition) is 2. The lowest BCUT2D eigenvalue weighted by Gasteiger charge is -2.25. The molecule has 1 aliphatic carbocycles. The Hall–Kier alpha value is -1.30. The highest BCUT2D eigenvalue weighted by Gasteiger charge is 2.28. The maximum atomic E-state index is 12.1. The Morgan fingerprint density at radius 1 is 1.33 bits per heavy atom. The Morgan fingerprint density at radius 2 is 2.11 bits per heavy atom. The Bertz CT molecular complexity index is 429. The van der Waals surface area contributed by atoms with Gasteiger partial charge in [0.1, 0.15) is 0 Å². The lowest BCUT2D eigenvalue weighted by atomic mass is 9.96. The van der Waals surface area contributed by atoms with Gasteiger partial charge in [-0.2, -0.15) is 0 Å². The molecule has 0 atom stereocenters. The van der Waals surface area contributed by atoms with Crippen LogP contribution in [0.3, 0.4) is 0 Å². The second-order valence-electron chi connectivity index (χ2n) is 5.06. The molecule has 2 amide bonds. The van der Waals surface area contributed by atoms with Gasteiger partial charge in [0.2, 0.25) is 0 Å². The van der Waals surface area contributed by atoms with E-state index in [-0.39, 0.29) is 6.03 Å². The summed E-state index contributed by atoms with van der Waals surface area (Å²) in [5.74, 6) is 0. The van der Waals surface area contributed by atoms with Crippen molar-refractivity contribution in [3.63, 3.8) is 0 Å². The number of carbonyl (C=O) groups is 1. The summed E-state index contributed by atoms with van der Waals surface area (Å²) in [7, 11) is 0. The summed E-state index contributed by atoms with van der Waals surface area (Å²) >= 11 is 1.49. The predicted molar refractivity (Wildman–Crippen MR) is 71.2 cm³/mol. The van der Waals surface area contributed by atoms with Crippen LogP contribution in [-0.2, 0) is 13.1 Å². The van der Waals surface area contributed by atoms with E-state index in [0.29, 0.717) is 24.3 Å². The number of nitrogens with one attached hydrogen (secondary N) is 1. The molecule has 0 saturated heterocycles.